The number of carbonyl (C=O) groups excluding carboxylic acids is 2. The third-order valence-corrected chi connectivity index (χ3v) is 2.90. The smallest absolute Gasteiger partial charge is 0.331 e. The maximum Gasteiger partial charge on any atom is 0.331 e. The minimum Gasteiger partial charge on any atom is -0.449 e. The molecule has 0 fully saturated rings. The second kappa shape index (κ2) is 7.92. The summed E-state index contributed by atoms with van der Waals surface area (Å²) in [5.41, 5.74) is 0.371. The molecule has 1 rings (SSSR count). The molecule has 0 aliphatic rings. The van der Waals surface area contributed by atoms with Gasteiger partial charge in [-0.05, 0) is 31.5 Å². The number of halogens is 2. The molecule has 0 unspecified atom stereocenters. The van der Waals surface area contributed by atoms with Crippen LogP contribution in [0.15, 0.2) is 30.4 Å². The van der Waals surface area contributed by atoms with E-state index in [4.69, 9.17) is 27.9 Å². The highest BCUT2D eigenvalue weighted by Gasteiger charge is 2.17. The van der Waals surface area contributed by atoms with Gasteiger partial charge in [-0.25, -0.2) is 4.79 Å². The predicted molar refractivity (Wildman–Crippen MR) is 80.1 cm³/mol. The fourth-order valence-electron chi connectivity index (χ4n) is 1.31. The van der Waals surface area contributed by atoms with Gasteiger partial charge in [-0.15, -0.1) is 0 Å². The number of rotatable bonds is 5. The molecule has 20 heavy (non-hydrogen) atoms. The van der Waals surface area contributed by atoms with Crippen LogP contribution in [0.4, 0.5) is 5.69 Å². The maximum absolute atomic E-state index is 11.9. The van der Waals surface area contributed by atoms with E-state index in [9.17, 15) is 9.59 Å². The van der Waals surface area contributed by atoms with E-state index < -0.39 is 18.0 Å². The van der Waals surface area contributed by atoms with Crippen LogP contribution in [0.3, 0.4) is 0 Å². The van der Waals surface area contributed by atoms with Gasteiger partial charge in [-0.3, -0.25) is 4.79 Å². The highest BCUT2D eigenvalue weighted by Crippen LogP contribution is 2.25. The SMILES string of the molecule is CC/C=C/C(=O)O[C@@H](C)C(=O)Nc1cc(Cl)ccc1Cl. The Labute approximate surface area is 127 Å². The van der Waals surface area contributed by atoms with Crippen LogP contribution >= 0.6 is 23.2 Å². The van der Waals surface area contributed by atoms with Crippen LogP contribution in [0.1, 0.15) is 20.3 Å². The average molecular weight is 316 g/mol. The lowest BCUT2D eigenvalue weighted by Gasteiger charge is -2.13. The summed E-state index contributed by atoms with van der Waals surface area (Å²) in [6.07, 6.45) is 2.73. The van der Waals surface area contributed by atoms with Crippen molar-refractivity contribution in [3.05, 3.63) is 40.4 Å². The molecule has 1 aromatic carbocycles. The number of hydrogen-bond acceptors (Lipinski definition) is 3. The average Bonchev–Trinajstić information content (AvgIpc) is 2.40. The summed E-state index contributed by atoms with van der Waals surface area (Å²) < 4.78 is 4.94. The second-order valence-electron chi connectivity index (χ2n) is 4.00. The molecular weight excluding hydrogens is 301 g/mol. The standard InChI is InChI=1S/C14H15Cl2NO3/c1-3-4-5-13(18)20-9(2)14(19)17-12-8-10(15)6-7-11(12)16/h4-9H,3H2,1-2H3,(H,17,19)/b5-4+/t9-/m0/s1. The molecular formula is C14H15Cl2NO3. The third kappa shape index (κ3) is 5.23. The van der Waals surface area contributed by atoms with Gasteiger partial charge in [-0.2, -0.15) is 0 Å². The monoisotopic (exact) mass is 315 g/mol. The summed E-state index contributed by atoms with van der Waals surface area (Å²) in [5, 5.41) is 3.35. The van der Waals surface area contributed by atoms with Crippen molar-refractivity contribution in [1.29, 1.82) is 0 Å². The summed E-state index contributed by atoms with van der Waals surface area (Å²) in [7, 11) is 0. The van der Waals surface area contributed by atoms with E-state index in [0.29, 0.717) is 22.2 Å². The molecule has 0 heterocycles. The number of esters is 1. The molecule has 1 N–H and O–H groups in total. The molecule has 1 aromatic rings. The first-order chi connectivity index (χ1) is 9.43. The Hall–Kier alpha value is -1.52. The molecule has 0 saturated carbocycles. The highest BCUT2D eigenvalue weighted by atomic mass is 35.5. The van der Waals surface area contributed by atoms with E-state index >= 15 is 0 Å². The lowest BCUT2D eigenvalue weighted by atomic mass is 10.3. The molecule has 0 radical (unpaired) electrons. The zero-order valence-corrected chi connectivity index (χ0v) is 12.7. The Morgan fingerprint density at radius 2 is 2.10 bits per heavy atom. The lowest BCUT2D eigenvalue weighted by Crippen LogP contribution is -2.29. The fraction of sp³-hybridized carbons (Fsp3) is 0.286. The van der Waals surface area contributed by atoms with Crippen molar-refractivity contribution < 1.29 is 14.3 Å². The van der Waals surface area contributed by atoms with Gasteiger partial charge in [0.2, 0.25) is 0 Å². The minimum absolute atomic E-state index is 0.354. The van der Waals surface area contributed by atoms with Crippen LogP contribution in [0, 0.1) is 0 Å². The van der Waals surface area contributed by atoms with Crippen molar-refractivity contribution in [2.75, 3.05) is 5.32 Å². The Morgan fingerprint density at radius 1 is 1.40 bits per heavy atom. The molecule has 0 saturated heterocycles. The van der Waals surface area contributed by atoms with Gasteiger partial charge in [0.1, 0.15) is 0 Å². The number of anilines is 1. The van der Waals surface area contributed by atoms with Gasteiger partial charge in [0.25, 0.3) is 5.91 Å². The van der Waals surface area contributed by atoms with Gasteiger partial charge < -0.3 is 10.1 Å². The fourth-order valence-corrected chi connectivity index (χ4v) is 1.65. The van der Waals surface area contributed by atoms with Crippen LogP contribution in [-0.4, -0.2) is 18.0 Å². The van der Waals surface area contributed by atoms with Crippen molar-refractivity contribution in [1.82, 2.24) is 0 Å². The Kier molecular flexibility index (Phi) is 6.55. The molecule has 0 spiro atoms. The van der Waals surface area contributed by atoms with Crippen molar-refractivity contribution in [2.45, 2.75) is 26.4 Å². The van der Waals surface area contributed by atoms with E-state index in [1.54, 1.807) is 18.2 Å². The Bertz CT molecular complexity index is 529. The molecule has 0 aliphatic heterocycles. The summed E-state index contributed by atoms with van der Waals surface area (Å²) >= 11 is 11.7. The second-order valence-corrected chi connectivity index (χ2v) is 4.85. The molecule has 1 atom stereocenters. The number of carbonyl (C=O) groups is 2. The van der Waals surface area contributed by atoms with Crippen LogP contribution in [0.5, 0.6) is 0 Å². The lowest BCUT2D eigenvalue weighted by molar-refractivity contribution is -0.148. The van der Waals surface area contributed by atoms with E-state index in [2.05, 4.69) is 5.32 Å². The summed E-state index contributed by atoms with van der Waals surface area (Å²) in [6, 6.07) is 4.70. The van der Waals surface area contributed by atoms with Gasteiger partial charge in [0.05, 0.1) is 10.7 Å². The quantitative estimate of drug-likeness (QED) is 0.663. The number of hydrogen-bond donors (Lipinski definition) is 1. The Morgan fingerprint density at radius 3 is 2.75 bits per heavy atom. The van der Waals surface area contributed by atoms with Gasteiger partial charge in [0, 0.05) is 11.1 Å². The molecule has 108 valence electrons. The molecule has 0 aromatic heterocycles. The first-order valence-corrected chi connectivity index (χ1v) is 6.82. The normalized spacial score (nSPS) is 12.2. The molecule has 6 heteroatoms. The third-order valence-electron chi connectivity index (χ3n) is 2.34. The molecule has 4 nitrogen and oxygen atoms in total. The number of amides is 1. The topological polar surface area (TPSA) is 55.4 Å². The number of benzene rings is 1. The summed E-state index contributed by atoms with van der Waals surface area (Å²) in [6.45, 7) is 3.37. The molecule has 0 aliphatic carbocycles. The number of allylic oxidation sites excluding steroid dienone is 1. The number of ether oxygens (including phenoxy) is 1. The summed E-state index contributed by atoms with van der Waals surface area (Å²) in [5.74, 6) is -1.04. The Balaban J connectivity index is 2.64. The first kappa shape index (κ1) is 16.5. The van der Waals surface area contributed by atoms with Crippen molar-refractivity contribution in [3.8, 4) is 0 Å². The van der Waals surface area contributed by atoms with E-state index in [0.717, 1.165) is 0 Å². The first-order valence-electron chi connectivity index (χ1n) is 6.07. The van der Waals surface area contributed by atoms with Crippen LogP contribution in [0.25, 0.3) is 0 Å². The van der Waals surface area contributed by atoms with Crippen molar-refractivity contribution in [2.24, 2.45) is 0 Å². The van der Waals surface area contributed by atoms with E-state index in [-0.39, 0.29) is 0 Å². The zero-order chi connectivity index (χ0) is 15.1. The molecule has 1 amide bonds. The maximum atomic E-state index is 11.9. The van der Waals surface area contributed by atoms with E-state index in [1.807, 2.05) is 6.92 Å². The summed E-state index contributed by atoms with van der Waals surface area (Å²) in [4.78, 5) is 23.2. The van der Waals surface area contributed by atoms with Crippen LogP contribution in [0.2, 0.25) is 10.0 Å². The van der Waals surface area contributed by atoms with Crippen LogP contribution < -0.4 is 5.32 Å². The predicted octanol–water partition coefficient (Wildman–Crippen LogP) is 3.83. The molecule has 0 bridgehead atoms. The van der Waals surface area contributed by atoms with Gasteiger partial charge in [-0.1, -0.05) is 36.2 Å². The van der Waals surface area contributed by atoms with Crippen LogP contribution in [-0.2, 0) is 14.3 Å². The number of nitrogens with one attached hydrogen (secondary N) is 1. The largest absolute Gasteiger partial charge is 0.449 e. The highest BCUT2D eigenvalue weighted by molar-refractivity contribution is 6.35. The minimum atomic E-state index is -0.931. The van der Waals surface area contributed by atoms with Gasteiger partial charge in [0.15, 0.2) is 6.10 Å². The van der Waals surface area contributed by atoms with Gasteiger partial charge >= 0.3 is 5.97 Å². The zero-order valence-electron chi connectivity index (χ0n) is 11.2. The van der Waals surface area contributed by atoms with Crippen molar-refractivity contribution in [3.63, 3.8) is 0 Å². The van der Waals surface area contributed by atoms with Crippen molar-refractivity contribution >= 4 is 40.8 Å². The van der Waals surface area contributed by atoms with E-state index in [1.165, 1.54) is 19.1 Å².